The van der Waals surface area contributed by atoms with E-state index in [4.69, 9.17) is 0 Å². The van der Waals surface area contributed by atoms with E-state index in [0.717, 1.165) is 6.42 Å². The van der Waals surface area contributed by atoms with Gasteiger partial charge < -0.3 is 5.32 Å². The number of rotatable bonds is 4. The van der Waals surface area contributed by atoms with E-state index in [2.05, 4.69) is 10.3 Å². The second kappa shape index (κ2) is 4.71. The van der Waals surface area contributed by atoms with Gasteiger partial charge in [0, 0.05) is 17.5 Å². The molecule has 0 fully saturated rings. The van der Waals surface area contributed by atoms with Gasteiger partial charge in [0.2, 0.25) is 0 Å². The molecule has 0 aliphatic heterocycles. The fourth-order valence-electron chi connectivity index (χ4n) is 0.973. The van der Waals surface area contributed by atoms with E-state index in [1.54, 1.807) is 0 Å². The largest absolute Gasteiger partial charge is 0.443 e. The van der Waals surface area contributed by atoms with Gasteiger partial charge in [-0.05, 0) is 20.3 Å². The van der Waals surface area contributed by atoms with Crippen molar-refractivity contribution in [2.75, 3.05) is 0 Å². The summed E-state index contributed by atoms with van der Waals surface area (Å²) < 4.78 is 36.8. The van der Waals surface area contributed by atoms with E-state index < -0.39 is 11.2 Å². The fourth-order valence-corrected chi connectivity index (χ4v) is 1.66. The van der Waals surface area contributed by atoms with Crippen LogP contribution in [0.1, 0.15) is 37.9 Å². The van der Waals surface area contributed by atoms with Crippen LogP contribution in [-0.2, 0) is 12.7 Å². The number of hydrogen-bond acceptors (Lipinski definition) is 3. The SMILES string of the molecule is CCC(C)(C)NCc1csc(C(F)(F)F)n1. The molecular weight excluding hydrogens is 237 g/mol. The van der Waals surface area contributed by atoms with Gasteiger partial charge in [0.25, 0.3) is 0 Å². The molecule has 0 saturated carbocycles. The Morgan fingerprint density at radius 2 is 2.00 bits per heavy atom. The molecule has 0 aromatic carbocycles. The van der Waals surface area contributed by atoms with Crippen LogP contribution < -0.4 is 5.32 Å². The summed E-state index contributed by atoms with van der Waals surface area (Å²) in [6, 6.07) is 0. The summed E-state index contributed by atoms with van der Waals surface area (Å²) in [7, 11) is 0. The maximum absolute atomic E-state index is 12.3. The molecule has 0 saturated heterocycles. The number of halogens is 3. The van der Waals surface area contributed by atoms with Gasteiger partial charge in [0.1, 0.15) is 0 Å². The third-order valence-corrected chi connectivity index (χ3v) is 3.36. The van der Waals surface area contributed by atoms with Crippen LogP contribution in [0, 0.1) is 0 Å². The molecule has 2 nitrogen and oxygen atoms in total. The average Bonchev–Trinajstić information content (AvgIpc) is 2.63. The van der Waals surface area contributed by atoms with E-state index >= 15 is 0 Å². The lowest BCUT2D eigenvalue weighted by molar-refractivity contribution is -0.137. The lowest BCUT2D eigenvalue weighted by Crippen LogP contribution is -2.37. The lowest BCUT2D eigenvalue weighted by atomic mass is 10.0. The van der Waals surface area contributed by atoms with Gasteiger partial charge in [-0.15, -0.1) is 11.3 Å². The Morgan fingerprint density at radius 1 is 1.38 bits per heavy atom. The highest BCUT2D eigenvalue weighted by Gasteiger charge is 2.34. The number of hydrogen-bond donors (Lipinski definition) is 1. The number of aromatic nitrogens is 1. The monoisotopic (exact) mass is 252 g/mol. The summed E-state index contributed by atoms with van der Waals surface area (Å²) in [5, 5.41) is 3.83. The van der Waals surface area contributed by atoms with Crippen LogP contribution in [0.4, 0.5) is 13.2 Å². The van der Waals surface area contributed by atoms with Crippen molar-refractivity contribution in [2.45, 2.75) is 45.5 Å². The maximum Gasteiger partial charge on any atom is 0.443 e. The minimum atomic E-state index is -4.33. The zero-order valence-corrected chi connectivity index (χ0v) is 10.3. The highest BCUT2D eigenvalue weighted by atomic mass is 32.1. The second-order valence-electron chi connectivity index (χ2n) is 4.23. The summed E-state index contributed by atoms with van der Waals surface area (Å²) in [6.07, 6.45) is -3.42. The van der Waals surface area contributed by atoms with Gasteiger partial charge in [0.15, 0.2) is 5.01 Å². The Morgan fingerprint density at radius 3 is 2.44 bits per heavy atom. The first-order chi connectivity index (χ1) is 7.24. The Hall–Kier alpha value is -0.620. The van der Waals surface area contributed by atoms with Crippen LogP contribution >= 0.6 is 11.3 Å². The van der Waals surface area contributed by atoms with Crippen molar-refractivity contribution in [3.8, 4) is 0 Å². The van der Waals surface area contributed by atoms with Gasteiger partial charge in [-0.25, -0.2) is 4.98 Å². The predicted octanol–water partition coefficient (Wildman–Crippen LogP) is 3.44. The summed E-state index contributed by atoms with van der Waals surface area (Å²) in [4.78, 5) is 3.55. The van der Waals surface area contributed by atoms with Crippen molar-refractivity contribution in [1.82, 2.24) is 10.3 Å². The van der Waals surface area contributed by atoms with Gasteiger partial charge >= 0.3 is 6.18 Å². The molecule has 1 heterocycles. The van der Waals surface area contributed by atoms with E-state index in [1.165, 1.54) is 5.38 Å². The van der Waals surface area contributed by atoms with Crippen LogP contribution in [-0.4, -0.2) is 10.5 Å². The Balaban J connectivity index is 2.60. The third kappa shape index (κ3) is 3.75. The quantitative estimate of drug-likeness (QED) is 0.888. The molecule has 0 aliphatic carbocycles. The summed E-state index contributed by atoms with van der Waals surface area (Å²) >= 11 is 0.639. The molecule has 92 valence electrons. The summed E-state index contributed by atoms with van der Waals surface area (Å²) in [5.41, 5.74) is 0.362. The van der Waals surface area contributed by atoms with Crippen LogP contribution in [0.2, 0.25) is 0 Å². The molecule has 1 N–H and O–H groups in total. The fraction of sp³-hybridized carbons (Fsp3) is 0.700. The molecule has 1 rings (SSSR count). The highest BCUT2D eigenvalue weighted by molar-refractivity contribution is 7.09. The van der Waals surface area contributed by atoms with Crippen molar-refractivity contribution in [1.29, 1.82) is 0 Å². The van der Waals surface area contributed by atoms with Gasteiger partial charge in [-0.2, -0.15) is 13.2 Å². The summed E-state index contributed by atoms with van der Waals surface area (Å²) in [6.45, 7) is 6.40. The van der Waals surface area contributed by atoms with Crippen molar-refractivity contribution in [3.63, 3.8) is 0 Å². The normalized spacial score (nSPS) is 13.1. The van der Waals surface area contributed by atoms with Crippen LogP contribution in [0.15, 0.2) is 5.38 Å². The molecule has 0 radical (unpaired) electrons. The maximum atomic E-state index is 12.3. The number of thiazole rings is 1. The first kappa shape index (κ1) is 13.4. The first-order valence-electron chi connectivity index (χ1n) is 5.01. The summed E-state index contributed by atoms with van der Waals surface area (Å²) in [5.74, 6) is 0. The van der Waals surface area contributed by atoms with Crippen molar-refractivity contribution < 1.29 is 13.2 Å². The molecule has 0 atom stereocenters. The van der Waals surface area contributed by atoms with E-state index in [9.17, 15) is 13.2 Å². The Kier molecular flexibility index (Phi) is 3.96. The Bertz CT molecular complexity index is 344. The van der Waals surface area contributed by atoms with Crippen LogP contribution in [0.5, 0.6) is 0 Å². The van der Waals surface area contributed by atoms with Gasteiger partial charge in [0.05, 0.1) is 5.69 Å². The first-order valence-corrected chi connectivity index (χ1v) is 5.89. The molecule has 0 unspecified atom stereocenters. The van der Waals surface area contributed by atoms with Crippen molar-refractivity contribution >= 4 is 11.3 Å². The molecule has 16 heavy (non-hydrogen) atoms. The van der Waals surface area contributed by atoms with Crippen LogP contribution in [0.3, 0.4) is 0 Å². The molecular formula is C10H15F3N2S. The number of alkyl halides is 3. The topological polar surface area (TPSA) is 24.9 Å². The lowest BCUT2D eigenvalue weighted by Gasteiger charge is -2.23. The smallest absolute Gasteiger partial charge is 0.306 e. The number of nitrogens with zero attached hydrogens (tertiary/aromatic N) is 1. The zero-order valence-electron chi connectivity index (χ0n) is 9.48. The van der Waals surface area contributed by atoms with Crippen molar-refractivity contribution in [2.24, 2.45) is 0 Å². The minimum Gasteiger partial charge on any atom is -0.306 e. The van der Waals surface area contributed by atoms with E-state index in [0.29, 0.717) is 23.6 Å². The van der Waals surface area contributed by atoms with E-state index in [1.807, 2.05) is 20.8 Å². The average molecular weight is 252 g/mol. The molecule has 0 amide bonds. The Labute approximate surface area is 96.9 Å². The molecule has 0 aliphatic rings. The standard InChI is InChI=1S/C10H15F3N2S/c1-4-9(2,3)14-5-7-6-16-8(15-7)10(11,12)13/h6,14H,4-5H2,1-3H3. The molecule has 0 spiro atoms. The van der Waals surface area contributed by atoms with Crippen LogP contribution in [0.25, 0.3) is 0 Å². The zero-order chi connectivity index (χ0) is 12.4. The van der Waals surface area contributed by atoms with Crippen molar-refractivity contribution in [3.05, 3.63) is 16.1 Å². The van der Waals surface area contributed by atoms with Gasteiger partial charge in [-0.3, -0.25) is 0 Å². The molecule has 1 aromatic rings. The van der Waals surface area contributed by atoms with E-state index in [-0.39, 0.29) is 5.54 Å². The number of nitrogens with one attached hydrogen (secondary N) is 1. The molecule has 1 aromatic heterocycles. The van der Waals surface area contributed by atoms with Gasteiger partial charge in [-0.1, -0.05) is 6.92 Å². The highest BCUT2D eigenvalue weighted by Crippen LogP contribution is 2.31. The predicted molar refractivity (Wildman–Crippen MR) is 58.3 cm³/mol. The third-order valence-electron chi connectivity index (χ3n) is 2.43. The minimum absolute atomic E-state index is 0.0813. The second-order valence-corrected chi connectivity index (χ2v) is 5.09. The molecule has 6 heteroatoms. The molecule has 0 bridgehead atoms.